The van der Waals surface area contributed by atoms with Crippen LogP contribution in [-0.4, -0.2) is 47.3 Å². The highest BCUT2D eigenvalue weighted by Crippen LogP contribution is 2.18. The maximum Gasteiger partial charge on any atom is 0.306 e. The minimum absolute atomic E-state index is 0.0601. The zero-order valence-corrected chi connectivity index (χ0v) is 15.6. The van der Waals surface area contributed by atoms with Crippen LogP contribution in [0.25, 0.3) is 0 Å². The number of amides is 1. The van der Waals surface area contributed by atoms with Crippen molar-refractivity contribution >= 4 is 29.4 Å². The van der Waals surface area contributed by atoms with E-state index in [4.69, 9.17) is 4.74 Å². The lowest BCUT2D eigenvalue weighted by atomic mass is 9.97. The van der Waals surface area contributed by atoms with Crippen LogP contribution >= 0.6 is 11.8 Å². The molecule has 1 aromatic heterocycles. The van der Waals surface area contributed by atoms with Gasteiger partial charge < -0.3 is 10.1 Å². The molecule has 0 aliphatic rings. The van der Waals surface area contributed by atoms with Crippen LogP contribution in [0.15, 0.2) is 24.5 Å². The van der Waals surface area contributed by atoms with Gasteiger partial charge in [0, 0.05) is 48.8 Å². The van der Waals surface area contributed by atoms with Crippen molar-refractivity contribution < 1.29 is 19.1 Å². The van der Waals surface area contributed by atoms with Crippen LogP contribution < -0.4 is 5.32 Å². The summed E-state index contributed by atoms with van der Waals surface area (Å²) >= 11 is 1.53. The highest BCUT2D eigenvalue weighted by atomic mass is 32.2. The summed E-state index contributed by atoms with van der Waals surface area (Å²) in [4.78, 5) is 39.5. The number of ketones is 1. The minimum Gasteiger partial charge on any atom is -0.466 e. The van der Waals surface area contributed by atoms with E-state index >= 15 is 0 Å². The van der Waals surface area contributed by atoms with Gasteiger partial charge in [0.1, 0.15) is 0 Å². The van der Waals surface area contributed by atoms with Crippen molar-refractivity contribution in [3.8, 4) is 0 Å². The van der Waals surface area contributed by atoms with Gasteiger partial charge in [-0.2, -0.15) is 11.8 Å². The molecule has 1 heterocycles. The lowest BCUT2D eigenvalue weighted by Crippen LogP contribution is -2.25. The highest BCUT2D eigenvalue weighted by Gasteiger charge is 2.24. The lowest BCUT2D eigenvalue weighted by molar-refractivity contribution is -0.144. The Morgan fingerprint density at radius 3 is 2.80 bits per heavy atom. The van der Waals surface area contributed by atoms with Crippen LogP contribution in [0, 0.1) is 5.92 Å². The number of carbonyl (C=O) groups excluding carboxylic acids is 3. The molecule has 0 radical (unpaired) electrons. The summed E-state index contributed by atoms with van der Waals surface area (Å²) < 4.78 is 5.18. The molecule has 1 N–H and O–H groups in total. The zero-order chi connectivity index (χ0) is 18.5. The van der Waals surface area contributed by atoms with E-state index in [9.17, 15) is 14.4 Å². The van der Waals surface area contributed by atoms with Crippen LogP contribution in [0.4, 0.5) is 0 Å². The summed E-state index contributed by atoms with van der Waals surface area (Å²) in [7, 11) is 0. The third kappa shape index (κ3) is 9.24. The van der Waals surface area contributed by atoms with Crippen molar-refractivity contribution in [2.45, 2.75) is 33.1 Å². The van der Waals surface area contributed by atoms with Gasteiger partial charge >= 0.3 is 5.97 Å². The summed E-state index contributed by atoms with van der Waals surface area (Å²) in [6.45, 7) is 4.41. The van der Waals surface area contributed by atoms with Gasteiger partial charge in [-0.3, -0.25) is 19.4 Å². The van der Waals surface area contributed by atoms with Gasteiger partial charge in [-0.15, -0.1) is 0 Å². The van der Waals surface area contributed by atoms with Crippen molar-refractivity contribution in [2.75, 3.05) is 24.7 Å². The fourth-order valence-corrected chi connectivity index (χ4v) is 3.05. The predicted molar refractivity (Wildman–Crippen MR) is 98.6 cm³/mol. The SMILES string of the molecule is CCCCOC(=O)CC(CSCCNC(C)=O)C(=O)c1cccnc1. The summed E-state index contributed by atoms with van der Waals surface area (Å²) in [6, 6.07) is 3.40. The second-order valence-corrected chi connectivity index (χ2v) is 6.79. The molecule has 1 unspecified atom stereocenters. The van der Waals surface area contributed by atoms with Gasteiger partial charge in [0.05, 0.1) is 13.0 Å². The monoisotopic (exact) mass is 366 g/mol. The fourth-order valence-electron chi connectivity index (χ4n) is 2.09. The normalized spacial score (nSPS) is 11.6. The zero-order valence-electron chi connectivity index (χ0n) is 14.8. The number of thioether (sulfide) groups is 1. The second kappa shape index (κ2) is 12.5. The molecule has 1 rings (SSSR count). The Bertz CT molecular complexity index is 551. The number of hydrogen-bond donors (Lipinski definition) is 1. The molecule has 0 spiro atoms. The van der Waals surface area contributed by atoms with Gasteiger partial charge in [-0.1, -0.05) is 13.3 Å². The molecule has 0 aliphatic carbocycles. The predicted octanol–water partition coefficient (Wildman–Crippen LogP) is 2.48. The molecule has 25 heavy (non-hydrogen) atoms. The second-order valence-electron chi connectivity index (χ2n) is 5.64. The number of ether oxygens (including phenoxy) is 1. The number of aromatic nitrogens is 1. The molecule has 0 aromatic carbocycles. The van der Waals surface area contributed by atoms with Crippen LogP contribution in [0.2, 0.25) is 0 Å². The summed E-state index contributed by atoms with van der Waals surface area (Å²) in [5.74, 6) is 0.187. The fraction of sp³-hybridized carbons (Fsp3) is 0.556. The van der Waals surface area contributed by atoms with E-state index in [-0.39, 0.29) is 24.1 Å². The number of nitrogens with zero attached hydrogens (tertiary/aromatic N) is 1. The van der Waals surface area contributed by atoms with Crippen LogP contribution in [0.5, 0.6) is 0 Å². The Hall–Kier alpha value is -1.89. The van der Waals surface area contributed by atoms with Gasteiger partial charge in [0.2, 0.25) is 5.91 Å². The number of unbranched alkanes of at least 4 members (excludes halogenated alkanes) is 1. The van der Waals surface area contributed by atoms with Crippen molar-refractivity contribution in [1.82, 2.24) is 10.3 Å². The Morgan fingerprint density at radius 1 is 1.36 bits per heavy atom. The van der Waals surface area contributed by atoms with E-state index in [0.29, 0.717) is 30.2 Å². The van der Waals surface area contributed by atoms with Gasteiger partial charge in [0.25, 0.3) is 0 Å². The number of esters is 1. The molecular formula is C18H26N2O4S. The van der Waals surface area contributed by atoms with E-state index in [1.54, 1.807) is 18.3 Å². The maximum atomic E-state index is 12.7. The number of hydrogen-bond acceptors (Lipinski definition) is 6. The largest absolute Gasteiger partial charge is 0.466 e. The highest BCUT2D eigenvalue weighted by molar-refractivity contribution is 7.99. The van der Waals surface area contributed by atoms with Crippen molar-refractivity contribution in [3.05, 3.63) is 30.1 Å². The Morgan fingerprint density at radius 2 is 2.16 bits per heavy atom. The topological polar surface area (TPSA) is 85.4 Å². The van der Waals surface area contributed by atoms with E-state index < -0.39 is 5.92 Å². The lowest BCUT2D eigenvalue weighted by Gasteiger charge is -2.15. The number of nitrogens with one attached hydrogen (secondary N) is 1. The molecule has 6 nitrogen and oxygen atoms in total. The van der Waals surface area contributed by atoms with Crippen molar-refractivity contribution in [1.29, 1.82) is 0 Å². The molecule has 7 heteroatoms. The van der Waals surface area contributed by atoms with Gasteiger partial charge in [0.15, 0.2) is 5.78 Å². The molecule has 138 valence electrons. The number of Topliss-reactive ketones (excluding diaryl/α,β-unsaturated/α-hetero) is 1. The third-order valence-corrected chi connectivity index (χ3v) is 4.56. The summed E-state index contributed by atoms with van der Waals surface area (Å²) in [5.41, 5.74) is 0.497. The maximum absolute atomic E-state index is 12.7. The van der Waals surface area contributed by atoms with Crippen LogP contribution in [0.3, 0.4) is 0 Å². The van der Waals surface area contributed by atoms with E-state index in [1.165, 1.54) is 24.9 Å². The minimum atomic E-state index is -0.458. The molecule has 0 fully saturated rings. The molecule has 1 amide bonds. The molecule has 0 saturated heterocycles. The van der Waals surface area contributed by atoms with E-state index in [0.717, 1.165) is 12.8 Å². The van der Waals surface area contributed by atoms with Crippen molar-refractivity contribution in [2.24, 2.45) is 5.92 Å². The molecular weight excluding hydrogens is 340 g/mol. The molecule has 1 atom stereocenters. The molecule has 0 saturated carbocycles. The molecule has 1 aromatic rings. The Balaban J connectivity index is 2.58. The smallest absolute Gasteiger partial charge is 0.306 e. The summed E-state index contributed by atoms with van der Waals surface area (Å²) in [6.07, 6.45) is 4.94. The Labute approximate surface area is 153 Å². The number of carbonyl (C=O) groups is 3. The molecule has 0 bridgehead atoms. The first-order chi connectivity index (χ1) is 12.0. The van der Waals surface area contributed by atoms with Crippen LogP contribution in [-0.2, 0) is 14.3 Å². The van der Waals surface area contributed by atoms with Crippen molar-refractivity contribution in [3.63, 3.8) is 0 Å². The standard InChI is InChI=1S/C18H26N2O4S/c1-3-4-9-24-17(22)11-16(13-25-10-8-20-14(2)21)18(23)15-6-5-7-19-12-15/h5-7,12,16H,3-4,8-11,13H2,1-2H3,(H,20,21). The quantitative estimate of drug-likeness (QED) is 0.347. The average molecular weight is 366 g/mol. The number of rotatable bonds is 12. The van der Waals surface area contributed by atoms with Crippen LogP contribution in [0.1, 0.15) is 43.5 Å². The van der Waals surface area contributed by atoms with E-state index in [2.05, 4.69) is 10.3 Å². The summed E-state index contributed by atoms with van der Waals surface area (Å²) in [5, 5.41) is 2.71. The average Bonchev–Trinajstić information content (AvgIpc) is 2.60. The molecule has 0 aliphatic heterocycles. The first kappa shape index (κ1) is 21.2. The number of pyridine rings is 1. The van der Waals surface area contributed by atoms with E-state index in [1.807, 2.05) is 6.92 Å². The Kier molecular flexibility index (Phi) is 10.6. The first-order valence-electron chi connectivity index (χ1n) is 8.46. The first-order valence-corrected chi connectivity index (χ1v) is 9.62. The van der Waals surface area contributed by atoms with Gasteiger partial charge in [-0.25, -0.2) is 0 Å². The van der Waals surface area contributed by atoms with Gasteiger partial charge in [-0.05, 0) is 18.6 Å². The third-order valence-electron chi connectivity index (χ3n) is 3.43.